The third-order valence-corrected chi connectivity index (χ3v) is 6.68. The second kappa shape index (κ2) is 11.5. The Kier molecular flexibility index (Phi) is 8.65. The second-order valence-corrected chi connectivity index (χ2v) is 10.2. The van der Waals surface area contributed by atoms with Crippen molar-refractivity contribution in [2.45, 2.75) is 46.7 Å². The number of anilines is 1. The molecule has 1 unspecified atom stereocenters. The number of fused-ring (bicyclic) bond motifs is 1. The monoisotopic (exact) mass is 524 g/mol. The molecule has 1 fully saturated rings. The number of hydrogen-bond acceptors (Lipinski definition) is 7. The summed E-state index contributed by atoms with van der Waals surface area (Å²) in [5, 5.41) is 10.8. The number of carboxylic acid groups (broad SMARTS) is 1. The Balaban J connectivity index is 0.000000840. The fourth-order valence-electron chi connectivity index (χ4n) is 3.64. The molecule has 36 heavy (non-hydrogen) atoms. The van der Waals surface area contributed by atoms with Crippen molar-refractivity contribution >= 4 is 57.7 Å². The fraction of sp³-hybridized carbons (Fsp3) is 0.269. The molecule has 1 aliphatic rings. The average Bonchev–Trinajstić information content (AvgIpc) is 3.10. The molecule has 2 aromatic heterocycles. The van der Waals surface area contributed by atoms with E-state index in [0.29, 0.717) is 26.3 Å². The maximum Gasteiger partial charge on any atom is 0.300 e. The number of carbonyl (C=O) groups is 2. The Hall–Kier alpha value is -3.50. The van der Waals surface area contributed by atoms with E-state index in [2.05, 4.69) is 5.32 Å². The molecule has 3 heterocycles. The van der Waals surface area contributed by atoms with Gasteiger partial charge in [-0.15, -0.1) is 0 Å². The molecule has 10 heteroatoms. The number of thioether (sulfide) groups is 1. The summed E-state index contributed by atoms with van der Waals surface area (Å²) in [6.07, 6.45) is 3.31. The maximum atomic E-state index is 13.5. The molecule has 0 aliphatic carbocycles. The number of rotatable bonds is 5. The number of aromatic nitrogens is 2. The van der Waals surface area contributed by atoms with E-state index in [-0.39, 0.29) is 23.6 Å². The highest BCUT2D eigenvalue weighted by Gasteiger charge is 2.34. The van der Waals surface area contributed by atoms with Gasteiger partial charge in [0.15, 0.2) is 0 Å². The zero-order valence-corrected chi connectivity index (χ0v) is 22.3. The predicted molar refractivity (Wildman–Crippen MR) is 148 cm³/mol. The normalized spacial score (nSPS) is 15.3. The first-order chi connectivity index (χ1) is 17.0. The summed E-state index contributed by atoms with van der Waals surface area (Å²) in [5.41, 5.74) is 2.62. The molecule has 4 rings (SSSR count). The minimum Gasteiger partial charge on any atom is -0.481 e. The Morgan fingerprint density at radius 3 is 2.36 bits per heavy atom. The molecule has 188 valence electrons. The van der Waals surface area contributed by atoms with Gasteiger partial charge in [0.25, 0.3) is 17.4 Å². The topological polar surface area (TPSA) is 104 Å². The van der Waals surface area contributed by atoms with E-state index in [1.807, 2.05) is 70.2 Å². The van der Waals surface area contributed by atoms with E-state index >= 15 is 0 Å². The fourth-order valence-corrected chi connectivity index (χ4v) is 5.14. The van der Waals surface area contributed by atoms with Crippen LogP contribution in [0.4, 0.5) is 5.82 Å². The summed E-state index contributed by atoms with van der Waals surface area (Å²) in [6.45, 7) is 8.84. The molecule has 1 aliphatic heterocycles. The zero-order chi connectivity index (χ0) is 26.6. The number of carbonyl (C=O) groups excluding carboxylic acids is 1. The number of nitrogens with zero attached hydrogens (tertiary/aromatic N) is 3. The smallest absolute Gasteiger partial charge is 0.300 e. The highest BCUT2D eigenvalue weighted by atomic mass is 32.2. The van der Waals surface area contributed by atoms with E-state index in [1.54, 1.807) is 17.2 Å². The van der Waals surface area contributed by atoms with Gasteiger partial charge in [0.1, 0.15) is 15.8 Å². The lowest BCUT2D eigenvalue weighted by atomic mass is 10.1. The van der Waals surface area contributed by atoms with Crippen LogP contribution in [0.1, 0.15) is 50.4 Å². The molecule has 0 radical (unpaired) electrons. The van der Waals surface area contributed by atoms with Crippen LogP contribution in [0.15, 0.2) is 58.4 Å². The standard InChI is InChI=1S/C24H24N4O2S2.C2H4O2/c1-14(2)28-23(30)19(32-24(28)31)13-18-20(25-16(4)17-10-6-5-7-11-17)26-21-15(3)9-8-12-27(21)22(18)29;1-2(3)4/h5-14,16,25H,1-4H3;1H3,(H,3,4)/b19-13-;. The molecule has 0 spiro atoms. The Morgan fingerprint density at radius 2 is 1.78 bits per heavy atom. The third kappa shape index (κ3) is 6.00. The number of benzene rings is 1. The van der Waals surface area contributed by atoms with Crippen molar-refractivity contribution in [2.24, 2.45) is 0 Å². The lowest BCUT2D eigenvalue weighted by Gasteiger charge is -2.19. The number of nitrogens with one attached hydrogen (secondary N) is 1. The molecule has 0 saturated carbocycles. The van der Waals surface area contributed by atoms with Crippen LogP contribution in [0.25, 0.3) is 11.7 Å². The van der Waals surface area contributed by atoms with E-state index in [1.165, 1.54) is 16.2 Å². The average molecular weight is 525 g/mol. The number of hydrogen-bond donors (Lipinski definition) is 2. The molecule has 1 aromatic carbocycles. The van der Waals surface area contributed by atoms with Gasteiger partial charge in [-0.3, -0.25) is 23.7 Å². The Labute approximate surface area is 219 Å². The molecule has 1 saturated heterocycles. The van der Waals surface area contributed by atoms with E-state index < -0.39 is 5.97 Å². The number of aryl methyl sites for hydroxylation is 1. The summed E-state index contributed by atoms with van der Waals surface area (Å²) in [4.78, 5) is 42.2. The van der Waals surface area contributed by atoms with Gasteiger partial charge in [-0.2, -0.15) is 0 Å². The van der Waals surface area contributed by atoms with Crippen molar-refractivity contribution < 1.29 is 14.7 Å². The van der Waals surface area contributed by atoms with Gasteiger partial charge in [-0.25, -0.2) is 4.98 Å². The Morgan fingerprint density at radius 1 is 1.14 bits per heavy atom. The van der Waals surface area contributed by atoms with Gasteiger partial charge >= 0.3 is 0 Å². The number of amides is 1. The van der Waals surface area contributed by atoms with Gasteiger partial charge in [-0.05, 0) is 51.0 Å². The van der Waals surface area contributed by atoms with Crippen LogP contribution in [0.5, 0.6) is 0 Å². The lowest BCUT2D eigenvalue weighted by molar-refractivity contribution is -0.134. The molecule has 8 nitrogen and oxygen atoms in total. The van der Waals surface area contributed by atoms with Crippen LogP contribution in [-0.2, 0) is 9.59 Å². The minimum atomic E-state index is -0.833. The van der Waals surface area contributed by atoms with Crippen LogP contribution in [-0.4, -0.2) is 41.6 Å². The largest absolute Gasteiger partial charge is 0.481 e. The summed E-state index contributed by atoms with van der Waals surface area (Å²) in [7, 11) is 0. The van der Waals surface area contributed by atoms with Crippen molar-refractivity contribution in [3.8, 4) is 0 Å². The predicted octanol–water partition coefficient (Wildman–Crippen LogP) is 4.88. The molecule has 1 amide bonds. The van der Waals surface area contributed by atoms with E-state index in [0.717, 1.165) is 18.1 Å². The first-order valence-electron chi connectivity index (χ1n) is 11.3. The SMILES string of the molecule is CC(=O)O.Cc1cccn2c(=O)c(/C=C3\SC(=S)N(C(C)C)C3=O)c(NC(C)c3ccccc3)nc12. The van der Waals surface area contributed by atoms with Crippen molar-refractivity contribution in [3.63, 3.8) is 0 Å². The minimum absolute atomic E-state index is 0.0532. The summed E-state index contributed by atoms with van der Waals surface area (Å²) < 4.78 is 2.01. The van der Waals surface area contributed by atoms with Crippen LogP contribution in [0.3, 0.4) is 0 Å². The second-order valence-electron chi connectivity index (χ2n) is 8.51. The van der Waals surface area contributed by atoms with E-state index in [4.69, 9.17) is 27.1 Å². The lowest BCUT2D eigenvalue weighted by Crippen LogP contribution is -2.34. The number of aliphatic carboxylic acids is 1. The molecule has 1 atom stereocenters. The van der Waals surface area contributed by atoms with Crippen LogP contribution >= 0.6 is 24.0 Å². The molecule has 0 bridgehead atoms. The summed E-state index contributed by atoms with van der Waals surface area (Å²) in [6, 6.07) is 13.5. The third-order valence-electron chi connectivity index (χ3n) is 5.35. The summed E-state index contributed by atoms with van der Waals surface area (Å²) >= 11 is 6.60. The van der Waals surface area contributed by atoms with Gasteiger partial charge in [0.05, 0.1) is 10.5 Å². The molecule has 3 aromatic rings. The number of carboxylic acids is 1. The van der Waals surface area contributed by atoms with Gasteiger partial charge in [-0.1, -0.05) is 60.4 Å². The molecular weight excluding hydrogens is 496 g/mol. The van der Waals surface area contributed by atoms with Crippen LogP contribution in [0.2, 0.25) is 0 Å². The van der Waals surface area contributed by atoms with Gasteiger partial charge in [0, 0.05) is 25.2 Å². The van der Waals surface area contributed by atoms with Crippen LogP contribution in [0, 0.1) is 6.92 Å². The number of pyridine rings is 1. The highest BCUT2D eigenvalue weighted by molar-refractivity contribution is 8.26. The highest BCUT2D eigenvalue weighted by Crippen LogP contribution is 2.34. The van der Waals surface area contributed by atoms with Crippen LogP contribution < -0.4 is 10.9 Å². The van der Waals surface area contributed by atoms with Gasteiger partial charge < -0.3 is 10.4 Å². The quantitative estimate of drug-likeness (QED) is 0.360. The number of thiocarbonyl (C=S) groups is 1. The summed E-state index contributed by atoms with van der Waals surface area (Å²) in [5.74, 6) is -0.582. The maximum absolute atomic E-state index is 13.5. The van der Waals surface area contributed by atoms with E-state index in [9.17, 15) is 9.59 Å². The van der Waals surface area contributed by atoms with Crippen molar-refractivity contribution in [1.82, 2.24) is 14.3 Å². The first kappa shape index (κ1) is 27.1. The first-order valence-corrected chi connectivity index (χ1v) is 12.5. The van der Waals surface area contributed by atoms with Crippen molar-refractivity contribution in [2.75, 3.05) is 5.32 Å². The Bertz CT molecular complexity index is 1400. The molecular formula is C26H28N4O4S2. The van der Waals surface area contributed by atoms with Crippen molar-refractivity contribution in [1.29, 1.82) is 0 Å². The molecule has 2 N–H and O–H groups in total. The zero-order valence-electron chi connectivity index (χ0n) is 20.7. The van der Waals surface area contributed by atoms with Crippen molar-refractivity contribution in [3.05, 3.63) is 80.6 Å². The van der Waals surface area contributed by atoms with Gasteiger partial charge in [0.2, 0.25) is 0 Å².